The van der Waals surface area contributed by atoms with Crippen molar-refractivity contribution in [1.29, 1.82) is 0 Å². The lowest BCUT2D eigenvalue weighted by Crippen LogP contribution is -2.47. The van der Waals surface area contributed by atoms with E-state index < -0.39 is 24.2 Å². The third kappa shape index (κ3) is 6.49. The molecule has 1 aromatic heterocycles. The lowest BCUT2D eigenvalue weighted by molar-refractivity contribution is -0.126. The summed E-state index contributed by atoms with van der Waals surface area (Å²) in [6.45, 7) is 9.16. The Kier molecular flexibility index (Phi) is 8.36. The number of likely N-dealkylation sites (tertiary alicyclic amines) is 1. The standard InChI is InChI=1S/C28H37N3O6S/c1-17-5-7-18(8-6-17)25(33)31(21-15-20(9-12-28(2,3)4)38-23(21)26(34)35)19-11-14-30(16-19)27(36)37-22-10-13-29-24(22)32/h15,17-19,22H,5-8,10-11,13-14,16H2,1-4H3,(H,29,32)(H,34,35)/t17?,18?,19-,22-/m0/s1. The van der Waals surface area contributed by atoms with Crippen LogP contribution in [-0.4, -0.2) is 65.7 Å². The van der Waals surface area contributed by atoms with Crippen molar-refractivity contribution in [2.45, 2.75) is 78.4 Å². The normalized spacial score (nSPS) is 25.4. The van der Waals surface area contributed by atoms with Gasteiger partial charge in [-0.1, -0.05) is 18.8 Å². The van der Waals surface area contributed by atoms with Gasteiger partial charge in [0.25, 0.3) is 5.91 Å². The zero-order valence-corrected chi connectivity index (χ0v) is 23.4. The molecule has 3 amide bonds. The van der Waals surface area contributed by atoms with Gasteiger partial charge in [0.1, 0.15) is 4.88 Å². The van der Waals surface area contributed by atoms with E-state index in [0.29, 0.717) is 42.4 Å². The highest BCUT2D eigenvalue weighted by atomic mass is 32.1. The highest BCUT2D eigenvalue weighted by Gasteiger charge is 2.41. The number of carbonyl (C=O) groups is 4. The second-order valence-corrected chi connectivity index (χ2v) is 12.7. The van der Waals surface area contributed by atoms with Gasteiger partial charge < -0.3 is 25.0 Å². The Morgan fingerprint density at radius 3 is 2.47 bits per heavy atom. The monoisotopic (exact) mass is 543 g/mol. The molecule has 3 heterocycles. The summed E-state index contributed by atoms with van der Waals surface area (Å²) in [5.41, 5.74) is 0.0874. The molecule has 4 rings (SSSR count). The molecule has 0 bridgehead atoms. The number of carboxylic acids is 1. The molecule has 38 heavy (non-hydrogen) atoms. The van der Waals surface area contributed by atoms with Gasteiger partial charge in [0, 0.05) is 37.4 Å². The van der Waals surface area contributed by atoms with Crippen molar-refractivity contribution in [2.24, 2.45) is 17.3 Å². The van der Waals surface area contributed by atoms with Gasteiger partial charge in [-0.2, -0.15) is 0 Å². The first-order valence-electron chi connectivity index (χ1n) is 13.4. The molecule has 2 saturated heterocycles. The van der Waals surface area contributed by atoms with Gasteiger partial charge in [0.2, 0.25) is 5.91 Å². The van der Waals surface area contributed by atoms with Crippen LogP contribution >= 0.6 is 11.3 Å². The van der Waals surface area contributed by atoms with E-state index in [1.165, 1.54) is 4.90 Å². The van der Waals surface area contributed by atoms with E-state index in [4.69, 9.17) is 4.74 Å². The van der Waals surface area contributed by atoms with Gasteiger partial charge in [-0.15, -0.1) is 11.3 Å². The Balaban J connectivity index is 1.62. The molecule has 0 spiro atoms. The predicted molar refractivity (Wildman–Crippen MR) is 144 cm³/mol. The molecule has 10 heteroatoms. The van der Waals surface area contributed by atoms with Crippen molar-refractivity contribution >= 4 is 40.9 Å². The van der Waals surface area contributed by atoms with Crippen molar-refractivity contribution in [3.05, 3.63) is 15.8 Å². The molecule has 1 saturated carbocycles. The minimum atomic E-state index is -1.11. The topological polar surface area (TPSA) is 116 Å². The number of amides is 3. The SMILES string of the molecule is CC1CCC(C(=O)N(c2cc(C#CC(C)(C)C)sc2C(=O)O)[C@H]2CCN(C(=O)O[C@H]3CCNC3=O)C2)CC1. The molecule has 9 nitrogen and oxygen atoms in total. The summed E-state index contributed by atoms with van der Waals surface area (Å²) < 4.78 is 5.42. The Hall–Kier alpha value is -3.06. The van der Waals surface area contributed by atoms with Crippen LogP contribution in [0.2, 0.25) is 0 Å². The number of rotatable bonds is 5. The first-order chi connectivity index (χ1) is 17.9. The highest BCUT2D eigenvalue weighted by Crippen LogP contribution is 2.38. The fourth-order valence-electron chi connectivity index (χ4n) is 5.22. The van der Waals surface area contributed by atoms with Gasteiger partial charge in [-0.25, -0.2) is 9.59 Å². The van der Waals surface area contributed by atoms with E-state index >= 15 is 0 Å². The summed E-state index contributed by atoms with van der Waals surface area (Å²) in [7, 11) is 0. The summed E-state index contributed by atoms with van der Waals surface area (Å²) in [6, 6.07) is 1.31. The van der Waals surface area contributed by atoms with E-state index in [-0.39, 0.29) is 34.6 Å². The molecular formula is C28H37N3O6S. The third-order valence-electron chi connectivity index (χ3n) is 7.36. The van der Waals surface area contributed by atoms with Crippen LogP contribution in [0, 0.1) is 29.1 Å². The van der Waals surface area contributed by atoms with Crippen LogP contribution in [0.4, 0.5) is 10.5 Å². The second-order valence-electron chi connectivity index (χ2n) is 11.6. The van der Waals surface area contributed by atoms with Crippen molar-refractivity contribution in [3.8, 4) is 11.8 Å². The molecular weight excluding hydrogens is 506 g/mol. The van der Waals surface area contributed by atoms with Crippen LogP contribution in [-0.2, 0) is 14.3 Å². The minimum absolute atomic E-state index is 0.0735. The van der Waals surface area contributed by atoms with E-state index in [2.05, 4.69) is 24.1 Å². The molecule has 3 fully saturated rings. The Bertz CT molecular complexity index is 1150. The molecule has 1 aromatic rings. The summed E-state index contributed by atoms with van der Waals surface area (Å²) in [5, 5.41) is 12.7. The molecule has 0 aromatic carbocycles. The van der Waals surface area contributed by atoms with Crippen LogP contribution in [0.3, 0.4) is 0 Å². The molecule has 1 aliphatic carbocycles. The lowest BCUT2D eigenvalue weighted by Gasteiger charge is -2.34. The zero-order valence-electron chi connectivity index (χ0n) is 22.5. The quantitative estimate of drug-likeness (QED) is 0.540. The lowest BCUT2D eigenvalue weighted by atomic mass is 9.82. The van der Waals surface area contributed by atoms with Crippen LogP contribution in [0.5, 0.6) is 0 Å². The van der Waals surface area contributed by atoms with Gasteiger partial charge in [-0.05, 0) is 64.9 Å². The van der Waals surface area contributed by atoms with Crippen molar-refractivity contribution in [1.82, 2.24) is 10.2 Å². The van der Waals surface area contributed by atoms with Gasteiger partial charge in [-0.3, -0.25) is 9.59 Å². The Morgan fingerprint density at radius 2 is 1.87 bits per heavy atom. The average Bonchev–Trinajstić information content (AvgIpc) is 3.59. The van der Waals surface area contributed by atoms with Crippen molar-refractivity contribution in [2.75, 3.05) is 24.5 Å². The summed E-state index contributed by atoms with van der Waals surface area (Å²) in [4.78, 5) is 54.8. The Labute approximate surface area is 227 Å². The maximum atomic E-state index is 14.0. The number of aromatic carboxylic acids is 1. The number of carbonyl (C=O) groups excluding carboxylic acids is 3. The molecule has 2 atom stereocenters. The third-order valence-corrected chi connectivity index (χ3v) is 8.39. The van der Waals surface area contributed by atoms with Crippen molar-refractivity contribution < 1.29 is 29.0 Å². The maximum absolute atomic E-state index is 14.0. The molecule has 2 aliphatic heterocycles. The maximum Gasteiger partial charge on any atom is 0.410 e. The van der Waals surface area contributed by atoms with E-state index in [1.807, 2.05) is 20.8 Å². The summed E-state index contributed by atoms with van der Waals surface area (Å²) in [6.07, 6.45) is 2.95. The number of nitrogens with one attached hydrogen (secondary N) is 1. The van der Waals surface area contributed by atoms with E-state index in [1.54, 1.807) is 11.0 Å². The molecule has 2 N–H and O–H groups in total. The Morgan fingerprint density at radius 1 is 1.16 bits per heavy atom. The van der Waals surface area contributed by atoms with Gasteiger partial charge >= 0.3 is 12.1 Å². The summed E-state index contributed by atoms with van der Waals surface area (Å²) in [5.74, 6) is 5.10. The number of thiophene rings is 1. The predicted octanol–water partition coefficient (Wildman–Crippen LogP) is 4.10. The van der Waals surface area contributed by atoms with Crippen LogP contribution < -0.4 is 10.2 Å². The zero-order chi connectivity index (χ0) is 27.6. The number of ether oxygens (including phenoxy) is 1. The van der Waals surface area contributed by atoms with Crippen LogP contribution in [0.15, 0.2) is 6.07 Å². The molecule has 0 unspecified atom stereocenters. The van der Waals surface area contributed by atoms with E-state index in [9.17, 15) is 24.3 Å². The van der Waals surface area contributed by atoms with Crippen LogP contribution in [0.25, 0.3) is 0 Å². The fourth-order valence-corrected chi connectivity index (χ4v) is 6.06. The first-order valence-corrected chi connectivity index (χ1v) is 14.2. The van der Waals surface area contributed by atoms with Crippen molar-refractivity contribution in [3.63, 3.8) is 0 Å². The van der Waals surface area contributed by atoms with Gasteiger partial charge in [0.05, 0.1) is 16.6 Å². The largest absolute Gasteiger partial charge is 0.477 e. The molecule has 206 valence electrons. The number of carboxylic acid groups (broad SMARTS) is 1. The number of hydrogen-bond donors (Lipinski definition) is 2. The van der Waals surface area contributed by atoms with E-state index in [0.717, 1.165) is 37.0 Å². The van der Waals surface area contributed by atoms with Gasteiger partial charge in [0.15, 0.2) is 6.10 Å². The van der Waals surface area contributed by atoms with Crippen LogP contribution in [0.1, 0.15) is 80.8 Å². The summed E-state index contributed by atoms with van der Waals surface area (Å²) >= 11 is 1.07. The number of anilines is 1. The number of hydrogen-bond acceptors (Lipinski definition) is 6. The highest BCUT2D eigenvalue weighted by molar-refractivity contribution is 7.15. The number of nitrogens with zero attached hydrogens (tertiary/aromatic N) is 2. The molecule has 3 aliphatic rings. The fraction of sp³-hybridized carbons (Fsp3) is 0.643. The first kappa shape index (κ1) is 28.0. The smallest absolute Gasteiger partial charge is 0.410 e. The average molecular weight is 544 g/mol. The second kappa shape index (κ2) is 11.4. The molecule has 0 radical (unpaired) electrons. The minimum Gasteiger partial charge on any atom is -0.477 e.